The number of carbonyl (C=O) groups is 1. The van der Waals surface area contributed by atoms with Crippen LogP contribution in [0.4, 0.5) is 24.5 Å². The summed E-state index contributed by atoms with van der Waals surface area (Å²) in [5.41, 5.74) is 0.227. The van der Waals surface area contributed by atoms with Gasteiger partial charge in [-0.1, -0.05) is 0 Å². The highest BCUT2D eigenvalue weighted by molar-refractivity contribution is 6.07. The molecule has 3 aromatic rings. The monoisotopic (exact) mass is 444 g/mol. The summed E-state index contributed by atoms with van der Waals surface area (Å²) in [6.45, 7) is 5.54. The van der Waals surface area contributed by atoms with Gasteiger partial charge in [0.15, 0.2) is 0 Å². The quantitative estimate of drug-likeness (QED) is 0.631. The molecule has 168 valence electrons. The Kier molecular flexibility index (Phi) is 5.66. The largest absolute Gasteiger partial charge is 0.416 e. The van der Waals surface area contributed by atoms with Crippen molar-refractivity contribution < 1.29 is 18.0 Å². The lowest BCUT2D eigenvalue weighted by Gasteiger charge is -2.25. The third-order valence-corrected chi connectivity index (χ3v) is 5.75. The van der Waals surface area contributed by atoms with Gasteiger partial charge in [-0.3, -0.25) is 14.2 Å². The summed E-state index contributed by atoms with van der Waals surface area (Å²) < 4.78 is 41.5. The first-order chi connectivity index (χ1) is 15.2. The number of amides is 1. The van der Waals surface area contributed by atoms with Crippen LogP contribution in [0, 0.1) is 0 Å². The van der Waals surface area contributed by atoms with Crippen LogP contribution >= 0.6 is 0 Å². The second kappa shape index (κ2) is 8.29. The molecule has 0 unspecified atom stereocenters. The van der Waals surface area contributed by atoms with Crippen LogP contribution in [-0.4, -0.2) is 28.5 Å². The van der Waals surface area contributed by atoms with Gasteiger partial charge in [0.25, 0.3) is 11.5 Å². The van der Waals surface area contributed by atoms with E-state index in [9.17, 15) is 22.8 Å². The summed E-state index contributed by atoms with van der Waals surface area (Å²) in [6, 6.07) is 7.88. The van der Waals surface area contributed by atoms with E-state index < -0.39 is 17.6 Å². The third kappa shape index (κ3) is 3.94. The summed E-state index contributed by atoms with van der Waals surface area (Å²) >= 11 is 0. The summed E-state index contributed by atoms with van der Waals surface area (Å²) in [6.07, 6.45) is -2.99. The zero-order valence-electron chi connectivity index (χ0n) is 17.8. The van der Waals surface area contributed by atoms with Gasteiger partial charge in [0.1, 0.15) is 5.82 Å². The Hall–Kier alpha value is -3.36. The number of alkyl halides is 3. The van der Waals surface area contributed by atoms with Crippen LogP contribution in [0.2, 0.25) is 0 Å². The number of fused-ring (bicyclic) bond motifs is 2. The van der Waals surface area contributed by atoms with Gasteiger partial charge in [0, 0.05) is 31.6 Å². The Morgan fingerprint density at radius 1 is 1.16 bits per heavy atom. The maximum atomic E-state index is 13.3. The van der Waals surface area contributed by atoms with Gasteiger partial charge >= 0.3 is 6.18 Å². The lowest BCUT2D eigenvalue weighted by molar-refractivity contribution is -0.137. The number of nitrogens with one attached hydrogen (secondary N) is 1. The van der Waals surface area contributed by atoms with Crippen LogP contribution in [-0.2, 0) is 19.1 Å². The minimum absolute atomic E-state index is 0.0793. The second-order valence-corrected chi connectivity index (χ2v) is 7.68. The molecule has 0 aliphatic carbocycles. The van der Waals surface area contributed by atoms with Crippen molar-refractivity contribution in [2.24, 2.45) is 0 Å². The standard InChI is InChI=1S/C23H23F3N4O2/c1-3-29(4-2)19-10-8-15(23(24,25)26)13-18(19)28-21(31)14-7-9-16-17(12-14)27-20-6-5-11-30(20)22(16)32/h7-10,12-13H,3-6,11H2,1-2H3,(H,28,31). The van der Waals surface area contributed by atoms with Gasteiger partial charge < -0.3 is 10.2 Å². The van der Waals surface area contributed by atoms with E-state index in [1.807, 2.05) is 18.7 Å². The van der Waals surface area contributed by atoms with E-state index in [2.05, 4.69) is 10.3 Å². The van der Waals surface area contributed by atoms with E-state index in [0.717, 1.165) is 18.6 Å². The molecular weight excluding hydrogens is 421 g/mol. The Morgan fingerprint density at radius 2 is 1.91 bits per heavy atom. The first-order valence-corrected chi connectivity index (χ1v) is 10.5. The van der Waals surface area contributed by atoms with Crippen LogP contribution in [0.15, 0.2) is 41.2 Å². The lowest BCUT2D eigenvalue weighted by Crippen LogP contribution is -2.25. The van der Waals surface area contributed by atoms with E-state index in [-0.39, 0.29) is 16.8 Å². The number of aromatic nitrogens is 2. The van der Waals surface area contributed by atoms with Crippen molar-refractivity contribution in [1.82, 2.24) is 9.55 Å². The summed E-state index contributed by atoms with van der Waals surface area (Å²) in [5, 5.41) is 3.04. The minimum Gasteiger partial charge on any atom is -0.370 e. The van der Waals surface area contributed by atoms with Crippen molar-refractivity contribution in [3.05, 3.63) is 63.7 Å². The fourth-order valence-corrected chi connectivity index (χ4v) is 4.07. The van der Waals surface area contributed by atoms with Crippen molar-refractivity contribution in [2.75, 3.05) is 23.3 Å². The molecule has 1 N–H and O–H groups in total. The lowest BCUT2D eigenvalue weighted by atomic mass is 10.1. The van der Waals surface area contributed by atoms with Crippen molar-refractivity contribution in [3.8, 4) is 0 Å². The van der Waals surface area contributed by atoms with Crippen molar-refractivity contribution >= 4 is 28.2 Å². The number of carbonyl (C=O) groups excluding carboxylic acids is 1. The maximum Gasteiger partial charge on any atom is 0.416 e. The molecule has 0 saturated carbocycles. The van der Waals surface area contributed by atoms with Gasteiger partial charge in [-0.15, -0.1) is 0 Å². The molecule has 2 aromatic carbocycles. The highest BCUT2D eigenvalue weighted by Crippen LogP contribution is 2.35. The molecule has 0 spiro atoms. The van der Waals surface area contributed by atoms with Crippen LogP contribution in [0.5, 0.6) is 0 Å². The van der Waals surface area contributed by atoms with Crippen LogP contribution in [0.25, 0.3) is 10.9 Å². The number of rotatable bonds is 5. The van der Waals surface area contributed by atoms with Crippen LogP contribution in [0.3, 0.4) is 0 Å². The molecule has 1 aromatic heterocycles. The zero-order chi connectivity index (χ0) is 23.0. The number of nitrogens with zero attached hydrogens (tertiary/aromatic N) is 3. The molecule has 0 fully saturated rings. The van der Waals surface area contributed by atoms with Gasteiger partial charge in [-0.25, -0.2) is 4.98 Å². The number of benzene rings is 2. The number of halogens is 3. The van der Waals surface area contributed by atoms with E-state index in [4.69, 9.17) is 0 Å². The molecule has 0 bridgehead atoms. The number of hydrogen-bond acceptors (Lipinski definition) is 4. The normalized spacial score (nSPS) is 13.3. The smallest absolute Gasteiger partial charge is 0.370 e. The number of aryl methyl sites for hydroxylation is 1. The maximum absolute atomic E-state index is 13.3. The molecule has 6 nitrogen and oxygen atoms in total. The molecule has 0 atom stereocenters. The highest BCUT2D eigenvalue weighted by atomic mass is 19.4. The predicted molar refractivity (Wildman–Crippen MR) is 117 cm³/mol. The molecule has 9 heteroatoms. The van der Waals surface area contributed by atoms with Gasteiger partial charge in [-0.05, 0) is 56.7 Å². The molecule has 0 saturated heterocycles. The minimum atomic E-state index is -4.53. The fraction of sp³-hybridized carbons (Fsp3) is 0.348. The van der Waals surface area contributed by atoms with Crippen LogP contribution in [0.1, 0.15) is 42.0 Å². The van der Waals surface area contributed by atoms with E-state index in [1.165, 1.54) is 18.2 Å². The molecule has 32 heavy (non-hydrogen) atoms. The summed E-state index contributed by atoms with van der Waals surface area (Å²) in [7, 11) is 0. The average molecular weight is 444 g/mol. The van der Waals surface area contributed by atoms with Crippen molar-refractivity contribution in [2.45, 2.75) is 39.4 Å². The van der Waals surface area contributed by atoms with Crippen LogP contribution < -0.4 is 15.8 Å². The third-order valence-electron chi connectivity index (χ3n) is 5.75. The van der Waals surface area contributed by atoms with E-state index in [1.54, 1.807) is 10.6 Å². The van der Waals surface area contributed by atoms with Gasteiger partial charge in [0.2, 0.25) is 0 Å². The predicted octanol–water partition coefficient (Wildman–Crippen LogP) is 4.46. The molecule has 1 aliphatic rings. The summed E-state index contributed by atoms with van der Waals surface area (Å²) in [4.78, 5) is 32.0. The molecule has 2 heterocycles. The SMILES string of the molecule is CCN(CC)c1ccc(C(F)(F)F)cc1NC(=O)c1ccc2c(=O)n3c(nc2c1)CCC3. The number of hydrogen-bond donors (Lipinski definition) is 1. The molecule has 4 rings (SSSR count). The first-order valence-electron chi connectivity index (χ1n) is 10.5. The Bertz CT molecular complexity index is 1250. The molecule has 0 radical (unpaired) electrons. The molecular formula is C23H23F3N4O2. The molecule has 1 amide bonds. The van der Waals surface area contributed by atoms with E-state index in [0.29, 0.717) is 48.5 Å². The Balaban J connectivity index is 1.72. The van der Waals surface area contributed by atoms with Crippen molar-refractivity contribution in [1.29, 1.82) is 0 Å². The first kappa shape index (κ1) is 21.9. The second-order valence-electron chi connectivity index (χ2n) is 7.68. The zero-order valence-corrected chi connectivity index (χ0v) is 17.8. The summed E-state index contributed by atoms with van der Waals surface area (Å²) in [5.74, 6) is 0.115. The highest BCUT2D eigenvalue weighted by Gasteiger charge is 2.31. The number of anilines is 2. The molecule has 1 aliphatic heterocycles. The van der Waals surface area contributed by atoms with Crippen molar-refractivity contribution in [3.63, 3.8) is 0 Å². The van der Waals surface area contributed by atoms with E-state index >= 15 is 0 Å². The average Bonchev–Trinajstić information content (AvgIpc) is 3.23. The van der Waals surface area contributed by atoms with Gasteiger partial charge in [0.05, 0.1) is 27.8 Å². The Morgan fingerprint density at radius 3 is 2.59 bits per heavy atom. The fourth-order valence-electron chi connectivity index (χ4n) is 4.07. The topological polar surface area (TPSA) is 67.2 Å². The van der Waals surface area contributed by atoms with Gasteiger partial charge in [-0.2, -0.15) is 13.2 Å². The Labute approximate surface area is 182 Å².